The standard InChI is InChI=1S/C20H27BFN3O4/c1-21(27)25-8-4-14(5-9-25)19(26)24-10-6-20(7-11-24)13-17(23-28)16-12-15(22)2-3-18(16)29-20/h2-3,12,14,27-28H,4-11,13H2,1H3/b23-17+. The summed E-state index contributed by atoms with van der Waals surface area (Å²) in [5, 5.41) is 22.5. The van der Waals surface area contributed by atoms with Gasteiger partial charge in [-0.3, -0.25) is 4.79 Å². The molecule has 0 radical (unpaired) electrons. The number of likely N-dealkylation sites (tertiary alicyclic amines) is 1. The van der Waals surface area contributed by atoms with Gasteiger partial charge >= 0.3 is 7.05 Å². The number of carbonyl (C=O) groups is 1. The van der Waals surface area contributed by atoms with E-state index in [4.69, 9.17) is 4.74 Å². The van der Waals surface area contributed by atoms with E-state index in [2.05, 4.69) is 5.16 Å². The van der Waals surface area contributed by atoms with Crippen LogP contribution < -0.4 is 4.74 Å². The van der Waals surface area contributed by atoms with E-state index >= 15 is 0 Å². The smallest absolute Gasteiger partial charge is 0.376 e. The summed E-state index contributed by atoms with van der Waals surface area (Å²) < 4.78 is 19.8. The summed E-state index contributed by atoms with van der Waals surface area (Å²) in [6.07, 6.45) is 3.21. The Kier molecular flexibility index (Phi) is 5.53. The molecule has 156 valence electrons. The van der Waals surface area contributed by atoms with Crippen LogP contribution in [0, 0.1) is 11.7 Å². The van der Waals surface area contributed by atoms with Crippen molar-refractivity contribution in [3.63, 3.8) is 0 Å². The normalized spacial score (nSPS) is 23.7. The van der Waals surface area contributed by atoms with E-state index in [0.717, 1.165) is 25.9 Å². The Morgan fingerprint density at radius 3 is 2.59 bits per heavy atom. The van der Waals surface area contributed by atoms with Crippen LogP contribution in [0.25, 0.3) is 0 Å². The van der Waals surface area contributed by atoms with Crippen LogP contribution in [-0.2, 0) is 4.79 Å². The molecule has 4 rings (SSSR count). The lowest BCUT2D eigenvalue weighted by Crippen LogP contribution is -2.54. The Morgan fingerprint density at radius 2 is 1.97 bits per heavy atom. The van der Waals surface area contributed by atoms with Crippen LogP contribution in [0.3, 0.4) is 0 Å². The number of hydrogen-bond donors (Lipinski definition) is 2. The summed E-state index contributed by atoms with van der Waals surface area (Å²) in [5.41, 5.74) is 0.385. The third-order valence-electron chi connectivity index (χ3n) is 6.58. The van der Waals surface area contributed by atoms with Gasteiger partial charge in [-0.2, -0.15) is 0 Å². The molecule has 2 saturated heterocycles. The maximum absolute atomic E-state index is 13.6. The molecule has 0 unspecified atom stereocenters. The van der Waals surface area contributed by atoms with Crippen molar-refractivity contribution in [2.75, 3.05) is 26.2 Å². The first-order valence-corrected chi connectivity index (χ1v) is 10.3. The molecular formula is C20H27BFN3O4. The molecule has 29 heavy (non-hydrogen) atoms. The summed E-state index contributed by atoms with van der Waals surface area (Å²) >= 11 is 0. The van der Waals surface area contributed by atoms with Gasteiger partial charge in [-0.25, -0.2) is 4.39 Å². The maximum atomic E-state index is 13.6. The first-order valence-electron chi connectivity index (χ1n) is 10.3. The minimum Gasteiger partial charge on any atom is -0.486 e. The largest absolute Gasteiger partial charge is 0.486 e. The fourth-order valence-electron chi connectivity index (χ4n) is 4.77. The molecule has 0 atom stereocenters. The van der Waals surface area contributed by atoms with E-state index < -0.39 is 18.5 Å². The van der Waals surface area contributed by atoms with Crippen molar-refractivity contribution in [2.24, 2.45) is 11.1 Å². The molecule has 0 saturated carbocycles. The number of rotatable bonds is 2. The van der Waals surface area contributed by atoms with Crippen molar-refractivity contribution in [2.45, 2.75) is 44.5 Å². The zero-order chi connectivity index (χ0) is 20.6. The molecule has 1 aromatic rings. The third kappa shape index (κ3) is 3.98. The predicted octanol–water partition coefficient (Wildman–Crippen LogP) is 1.97. The number of halogens is 1. The molecular weight excluding hydrogens is 376 g/mol. The molecule has 3 aliphatic heterocycles. The maximum Gasteiger partial charge on any atom is 0.376 e. The average Bonchev–Trinajstić information content (AvgIpc) is 2.74. The highest BCUT2D eigenvalue weighted by molar-refractivity contribution is 6.45. The zero-order valence-corrected chi connectivity index (χ0v) is 16.7. The number of nitrogens with zero attached hydrogens (tertiary/aromatic N) is 3. The quantitative estimate of drug-likeness (QED) is 0.448. The molecule has 0 bridgehead atoms. The van der Waals surface area contributed by atoms with Crippen LogP contribution in [0.15, 0.2) is 23.4 Å². The highest BCUT2D eigenvalue weighted by Crippen LogP contribution is 2.40. The Balaban J connectivity index is 1.39. The summed E-state index contributed by atoms with van der Waals surface area (Å²) in [5.74, 6) is 0.311. The Labute approximate surface area is 170 Å². The van der Waals surface area contributed by atoms with E-state index in [1.165, 1.54) is 12.1 Å². The van der Waals surface area contributed by atoms with Gasteiger partial charge in [-0.05, 0) is 51.0 Å². The van der Waals surface area contributed by atoms with Gasteiger partial charge in [0.1, 0.15) is 17.2 Å². The van der Waals surface area contributed by atoms with Gasteiger partial charge in [0, 0.05) is 43.8 Å². The molecule has 1 spiro atoms. The highest BCUT2D eigenvalue weighted by Gasteiger charge is 2.44. The fraction of sp³-hybridized carbons (Fsp3) is 0.600. The molecule has 7 nitrogen and oxygen atoms in total. The first-order chi connectivity index (χ1) is 13.9. The third-order valence-corrected chi connectivity index (χ3v) is 6.58. The number of oxime groups is 1. The molecule has 9 heteroatoms. The summed E-state index contributed by atoms with van der Waals surface area (Å²) in [4.78, 5) is 16.9. The second kappa shape index (κ2) is 7.95. The fourth-order valence-corrected chi connectivity index (χ4v) is 4.77. The number of benzene rings is 1. The first kappa shape index (κ1) is 20.2. The van der Waals surface area contributed by atoms with Crippen molar-refractivity contribution in [3.05, 3.63) is 29.6 Å². The minimum atomic E-state index is -0.529. The summed E-state index contributed by atoms with van der Waals surface area (Å²) in [6.45, 7) is 4.40. The van der Waals surface area contributed by atoms with E-state index in [9.17, 15) is 19.4 Å². The molecule has 3 heterocycles. The van der Waals surface area contributed by atoms with Crippen LogP contribution in [-0.4, -0.2) is 70.4 Å². The SMILES string of the molecule is CB(O)N1CCC(C(=O)N2CCC3(CC2)C/C(=N\O)c2cc(F)ccc2O3)CC1. The van der Waals surface area contributed by atoms with Gasteiger partial charge in [-0.1, -0.05) is 5.16 Å². The second-order valence-electron chi connectivity index (χ2n) is 8.42. The number of ether oxygens (including phenoxy) is 1. The summed E-state index contributed by atoms with van der Waals surface area (Å²) in [6, 6.07) is 4.24. The van der Waals surface area contributed by atoms with Gasteiger partial charge in [-0.15, -0.1) is 0 Å². The molecule has 0 aliphatic carbocycles. The van der Waals surface area contributed by atoms with E-state index in [0.29, 0.717) is 49.4 Å². The Bertz CT molecular complexity index is 803. The van der Waals surface area contributed by atoms with Gasteiger partial charge in [0.2, 0.25) is 5.91 Å². The Hall–Kier alpha value is -2.13. The molecule has 1 aromatic carbocycles. The number of fused-ring (bicyclic) bond motifs is 1. The van der Waals surface area contributed by atoms with Gasteiger partial charge in [0.25, 0.3) is 0 Å². The van der Waals surface area contributed by atoms with Crippen LogP contribution in [0.4, 0.5) is 4.39 Å². The number of amides is 1. The lowest BCUT2D eigenvalue weighted by atomic mass is 9.80. The van der Waals surface area contributed by atoms with Crippen LogP contribution in [0.1, 0.15) is 37.7 Å². The molecule has 1 amide bonds. The van der Waals surface area contributed by atoms with Crippen LogP contribution in [0.5, 0.6) is 5.75 Å². The van der Waals surface area contributed by atoms with Crippen molar-refractivity contribution >= 4 is 18.7 Å². The lowest BCUT2D eigenvalue weighted by molar-refractivity contribution is -0.140. The average molecular weight is 403 g/mol. The predicted molar refractivity (Wildman–Crippen MR) is 107 cm³/mol. The minimum absolute atomic E-state index is 0.00425. The Morgan fingerprint density at radius 1 is 1.28 bits per heavy atom. The van der Waals surface area contributed by atoms with Crippen LogP contribution >= 0.6 is 0 Å². The van der Waals surface area contributed by atoms with E-state index in [1.54, 1.807) is 12.9 Å². The highest BCUT2D eigenvalue weighted by atomic mass is 19.1. The number of piperidine rings is 2. The van der Waals surface area contributed by atoms with Crippen molar-refractivity contribution in [1.82, 2.24) is 9.71 Å². The van der Waals surface area contributed by atoms with Gasteiger partial charge < -0.3 is 24.7 Å². The van der Waals surface area contributed by atoms with E-state index in [1.807, 2.05) is 9.71 Å². The zero-order valence-electron chi connectivity index (χ0n) is 16.7. The van der Waals surface area contributed by atoms with Gasteiger partial charge in [0.05, 0.1) is 5.71 Å². The second-order valence-corrected chi connectivity index (χ2v) is 8.42. The summed E-state index contributed by atoms with van der Waals surface area (Å²) in [7, 11) is -0.469. The molecule has 2 N–H and O–H groups in total. The van der Waals surface area contributed by atoms with E-state index in [-0.39, 0.29) is 11.8 Å². The van der Waals surface area contributed by atoms with Crippen molar-refractivity contribution in [1.29, 1.82) is 0 Å². The molecule has 3 aliphatic rings. The number of hydrogen-bond acceptors (Lipinski definition) is 6. The van der Waals surface area contributed by atoms with Crippen LogP contribution in [0.2, 0.25) is 6.82 Å². The topological polar surface area (TPSA) is 85.6 Å². The molecule has 0 aromatic heterocycles. The van der Waals surface area contributed by atoms with Gasteiger partial charge in [0.15, 0.2) is 0 Å². The van der Waals surface area contributed by atoms with Crippen molar-refractivity contribution in [3.8, 4) is 5.75 Å². The lowest BCUT2D eigenvalue weighted by Gasteiger charge is -2.45. The van der Waals surface area contributed by atoms with Crippen molar-refractivity contribution < 1.29 is 24.2 Å². The monoisotopic (exact) mass is 403 g/mol. The molecule has 2 fully saturated rings. The number of carbonyl (C=O) groups excluding carboxylic acids is 1.